The molecule has 0 aliphatic carbocycles. The summed E-state index contributed by atoms with van der Waals surface area (Å²) < 4.78 is 4.96. The Morgan fingerprint density at radius 2 is 2.05 bits per heavy atom. The molecule has 1 N–H and O–H groups in total. The van der Waals surface area contributed by atoms with Gasteiger partial charge in [0.05, 0.1) is 12.7 Å². The number of pyridine rings is 1. The Kier molecular flexibility index (Phi) is 4.71. The van der Waals surface area contributed by atoms with E-state index in [1.165, 1.54) is 17.3 Å². The molecule has 0 aliphatic rings. The largest absolute Gasteiger partial charge is 0.481 e. The highest BCUT2D eigenvalue weighted by Gasteiger charge is 2.06. The second-order valence-electron chi connectivity index (χ2n) is 4.52. The summed E-state index contributed by atoms with van der Waals surface area (Å²) >= 11 is 0. The Bertz CT molecular complexity index is 579. The van der Waals surface area contributed by atoms with Crippen LogP contribution in [0.25, 0.3) is 0 Å². The maximum atomic E-state index is 11.9. The number of ether oxygens (including phenoxy) is 1. The average Bonchev–Trinajstić information content (AvgIpc) is 2.49. The van der Waals surface area contributed by atoms with Gasteiger partial charge in [0, 0.05) is 18.8 Å². The summed E-state index contributed by atoms with van der Waals surface area (Å²) in [4.78, 5) is 15.9. The number of hydrogen-bond donors (Lipinski definition) is 1. The minimum atomic E-state index is -0.117. The van der Waals surface area contributed by atoms with Crippen LogP contribution in [-0.2, 0) is 6.42 Å². The quantitative estimate of drug-likeness (QED) is 0.907. The molecule has 104 valence electrons. The Morgan fingerprint density at radius 3 is 2.70 bits per heavy atom. The minimum absolute atomic E-state index is 0.117. The molecule has 1 aromatic carbocycles. The van der Waals surface area contributed by atoms with Gasteiger partial charge in [-0.3, -0.25) is 4.79 Å². The van der Waals surface area contributed by atoms with E-state index in [0.717, 1.165) is 6.42 Å². The third kappa shape index (κ3) is 3.57. The van der Waals surface area contributed by atoms with Crippen molar-refractivity contribution in [2.24, 2.45) is 0 Å². The van der Waals surface area contributed by atoms with Gasteiger partial charge in [0.2, 0.25) is 5.88 Å². The van der Waals surface area contributed by atoms with Crippen LogP contribution in [0.2, 0.25) is 0 Å². The molecule has 0 spiro atoms. The number of aryl methyl sites for hydroxylation is 1. The maximum Gasteiger partial charge on any atom is 0.252 e. The van der Waals surface area contributed by atoms with Crippen LogP contribution < -0.4 is 10.1 Å². The van der Waals surface area contributed by atoms with Crippen molar-refractivity contribution in [2.75, 3.05) is 13.7 Å². The summed E-state index contributed by atoms with van der Waals surface area (Å²) in [5, 5.41) is 2.89. The predicted octanol–water partition coefficient (Wildman–Crippen LogP) is 2.37. The van der Waals surface area contributed by atoms with Gasteiger partial charge in [0.15, 0.2) is 0 Å². The second-order valence-corrected chi connectivity index (χ2v) is 4.52. The zero-order valence-corrected chi connectivity index (χ0v) is 11.7. The molecule has 1 heterocycles. The van der Waals surface area contributed by atoms with Crippen LogP contribution in [0, 0.1) is 6.92 Å². The molecule has 0 bridgehead atoms. The number of carbonyl (C=O) groups excluding carboxylic acids is 1. The van der Waals surface area contributed by atoms with E-state index in [2.05, 4.69) is 29.4 Å². The molecule has 0 atom stereocenters. The van der Waals surface area contributed by atoms with Crippen LogP contribution in [0.1, 0.15) is 21.5 Å². The Labute approximate surface area is 118 Å². The predicted molar refractivity (Wildman–Crippen MR) is 78.0 cm³/mol. The summed E-state index contributed by atoms with van der Waals surface area (Å²) in [6, 6.07) is 11.6. The molecule has 0 saturated heterocycles. The van der Waals surface area contributed by atoms with E-state index in [9.17, 15) is 4.79 Å². The summed E-state index contributed by atoms with van der Waals surface area (Å²) in [5.74, 6) is 0.384. The molecule has 0 unspecified atom stereocenters. The highest BCUT2D eigenvalue weighted by Crippen LogP contribution is 2.08. The zero-order valence-electron chi connectivity index (χ0n) is 11.7. The minimum Gasteiger partial charge on any atom is -0.481 e. The van der Waals surface area contributed by atoms with Gasteiger partial charge in [0.1, 0.15) is 0 Å². The lowest BCUT2D eigenvalue weighted by atomic mass is 10.1. The standard InChI is InChI=1S/C16H18N2O2/c1-12-5-3-4-6-13(12)9-10-17-16(19)14-7-8-15(20-2)18-11-14/h3-8,11H,9-10H2,1-2H3,(H,17,19). The number of aromatic nitrogens is 1. The smallest absolute Gasteiger partial charge is 0.252 e. The topological polar surface area (TPSA) is 51.2 Å². The molecule has 2 rings (SSSR count). The van der Waals surface area contributed by atoms with E-state index >= 15 is 0 Å². The highest BCUT2D eigenvalue weighted by molar-refractivity contribution is 5.93. The molecule has 1 amide bonds. The number of rotatable bonds is 5. The van der Waals surface area contributed by atoms with E-state index in [1.807, 2.05) is 12.1 Å². The van der Waals surface area contributed by atoms with Crippen LogP contribution in [0.15, 0.2) is 42.6 Å². The number of hydrogen-bond acceptors (Lipinski definition) is 3. The SMILES string of the molecule is COc1ccc(C(=O)NCCc2ccccc2C)cn1. The first-order valence-electron chi connectivity index (χ1n) is 6.53. The first-order valence-corrected chi connectivity index (χ1v) is 6.53. The molecular formula is C16H18N2O2. The molecular weight excluding hydrogens is 252 g/mol. The lowest BCUT2D eigenvalue weighted by Gasteiger charge is -2.07. The van der Waals surface area contributed by atoms with Gasteiger partial charge >= 0.3 is 0 Å². The van der Waals surface area contributed by atoms with Crippen molar-refractivity contribution in [1.82, 2.24) is 10.3 Å². The number of carbonyl (C=O) groups is 1. The van der Waals surface area contributed by atoms with Crippen LogP contribution in [0.5, 0.6) is 5.88 Å². The average molecular weight is 270 g/mol. The third-order valence-corrected chi connectivity index (χ3v) is 3.15. The fourth-order valence-corrected chi connectivity index (χ4v) is 1.94. The number of nitrogens with zero attached hydrogens (tertiary/aromatic N) is 1. The molecule has 0 radical (unpaired) electrons. The van der Waals surface area contributed by atoms with E-state index in [1.54, 1.807) is 19.2 Å². The van der Waals surface area contributed by atoms with Crippen LogP contribution in [0.3, 0.4) is 0 Å². The fourth-order valence-electron chi connectivity index (χ4n) is 1.94. The summed E-state index contributed by atoms with van der Waals surface area (Å²) in [7, 11) is 1.55. The normalized spacial score (nSPS) is 10.1. The van der Waals surface area contributed by atoms with E-state index in [4.69, 9.17) is 4.74 Å². The van der Waals surface area contributed by atoms with Crippen LogP contribution in [-0.4, -0.2) is 24.5 Å². The zero-order chi connectivity index (χ0) is 14.4. The maximum absolute atomic E-state index is 11.9. The van der Waals surface area contributed by atoms with Crippen molar-refractivity contribution < 1.29 is 9.53 Å². The molecule has 1 aromatic heterocycles. The van der Waals surface area contributed by atoms with Crippen molar-refractivity contribution in [3.05, 3.63) is 59.3 Å². The van der Waals surface area contributed by atoms with Crippen molar-refractivity contribution in [3.8, 4) is 5.88 Å². The Morgan fingerprint density at radius 1 is 1.25 bits per heavy atom. The molecule has 0 aliphatic heterocycles. The van der Waals surface area contributed by atoms with Crippen molar-refractivity contribution in [1.29, 1.82) is 0 Å². The van der Waals surface area contributed by atoms with E-state index in [-0.39, 0.29) is 5.91 Å². The van der Waals surface area contributed by atoms with E-state index < -0.39 is 0 Å². The van der Waals surface area contributed by atoms with Gasteiger partial charge in [-0.25, -0.2) is 4.98 Å². The molecule has 4 nitrogen and oxygen atoms in total. The van der Waals surface area contributed by atoms with Gasteiger partial charge in [-0.2, -0.15) is 0 Å². The fraction of sp³-hybridized carbons (Fsp3) is 0.250. The number of nitrogens with one attached hydrogen (secondary N) is 1. The monoisotopic (exact) mass is 270 g/mol. The van der Waals surface area contributed by atoms with Gasteiger partial charge in [-0.15, -0.1) is 0 Å². The molecule has 0 fully saturated rings. The third-order valence-electron chi connectivity index (χ3n) is 3.15. The van der Waals surface area contributed by atoms with Crippen LogP contribution in [0.4, 0.5) is 0 Å². The lowest BCUT2D eigenvalue weighted by molar-refractivity contribution is 0.0953. The molecule has 2 aromatic rings. The summed E-state index contributed by atoms with van der Waals surface area (Å²) in [5.41, 5.74) is 3.03. The van der Waals surface area contributed by atoms with Gasteiger partial charge in [0.25, 0.3) is 5.91 Å². The van der Waals surface area contributed by atoms with Crippen molar-refractivity contribution in [3.63, 3.8) is 0 Å². The van der Waals surface area contributed by atoms with Gasteiger partial charge < -0.3 is 10.1 Å². The first kappa shape index (κ1) is 14.1. The van der Waals surface area contributed by atoms with E-state index in [0.29, 0.717) is 18.0 Å². The van der Waals surface area contributed by atoms with Crippen LogP contribution >= 0.6 is 0 Å². The summed E-state index contributed by atoms with van der Waals surface area (Å²) in [6.45, 7) is 2.68. The lowest BCUT2D eigenvalue weighted by Crippen LogP contribution is -2.25. The van der Waals surface area contributed by atoms with Gasteiger partial charge in [-0.05, 0) is 30.5 Å². The Balaban J connectivity index is 1.87. The number of amides is 1. The molecule has 4 heteroatoms. The number of benzene rings is 1. The van der Waals surface area contributed by atoms with Crippen molar-refractivity contribution in [2.45, 2.75) is 13.3 Å². The summed E-state index contributed by atoms with van der Waals surface area (Å²) in [6.07, 6.45) is 2.34. The van der Waals surface area contributed by atoms with Crippen molar-refractivity contribution >= 4 is 5.91 Å². The molecule has 20 heavy (non-hydrogen) atoms. The first-order chi connectivity index (χ1) is 9.70. The number of methoxy groups -OCH3 is 1. The Hall–Kier alpha value is -2.36. The van der Waals surface area contributed by atoms with Gasteiger partial charge in [-0.1, -0.05) is 24.3 Å². The molecule has 0 saturated carbocycles. The highest BCUT2D eigenvalue weighted by atomic mass is 16.5. The second kappa shape index (κ2) is 6.70.